The van der Waals surface area contributed by atoms with Gasteiger partial charge in [0.1, 0.15) is 6.23 Å². The number of alkyl halides is 3. The second-order valence-corrected chi connectivity index (χ2v) is 9.81. The lowest BCUT2D eigenvalue weighted by molar-refractivity contribution is -0.137. The Morgan fingerprint density at radius 3 is 2.62 bits per heavy atom. The molecule has 0 amide bonds. The molecule has 2 aliphatic rings. The van der Waals surface area contributed by atoms with Gasteiger partial charge < -0.3 is 10.4 Å². The average Bonchev–Trinajstić information content (AvgIpc) is 3.05. The third-order valence-electron chi connectivity index (χ3n) is 5.01. The van der Waals surface area contributed by atoms with Crippen molar-refractivity contribution in [2.24, 2.45) is 0 Å². The van der Waals surface area contributed by atoms with Crippen LogP contribution in [0.2, 0.25) is 5.02 Å². The molecule has 3 N–H and O–H groups in total. The van der Waals surface area contributed by atoms with Crippen LogP contribution in [0.4, 0.5) is 13.2 Å². The van der Waals surface area contributed by atoms with Gasteiger partial charge in [0.25, 0.3) is 0 Å². The fourth-order valence-corrected chi connectivity index (χ4v) is 5.28. The molecule has 3 atom stereocenters. The van der Waals surface area contributed by atoms with E-state index in [0.29, 0.717) is 6.07 Å². The molecule has 1 heterocycles. The SMILES string of the molecule is CC1(NC(O)C2CC(S(=O)(=O)c3cc(C(F)(F)F)ccc3Cl)CN2)CC1. The molecule has 3 rings (SSSR count). The maximum atomic E-state index is 12.9. The highest BCUT2D eigenvalue weighted by Gasteiger charge is 2.44. The molecular formula is C16H20ClF3N2O3S. The van der Waals surface area contributed by atoms with E-state index in [1.54, 1.807) is 0 Å². The summed E-state index contributed by atoms with van der Waals surface area (Å²) < 4.78 is 64.3. The number of sulfone groups is 1. The summed E-state index contributed by atoms with van der Waals surface area (Å²) in [6.07, 6.45) is -3.65. The summed E-state index contributed by atoms with van der Waals surface area (Å²) in [5.74, 6) is 0. The van der Waals surface area contributed by atoms with Crippen LogP contribution in [-0.2, 0) is 16.0 Å². The molecule has 1 aromatic rings. The molecule has 2 fully saturated rings. The van der Waals surface area contributed by atoms with Crippen LogP contribution in [0.25, 0.3) is 0 Å². The second-order valence-electron chi connectivity index (χ2n) is 7.21. The van der Waals surface area contributed by atoms with Gasteiger partial charge in [0.2, 0.25) is 0 Å². The molecule has 1 aliphatic carbocycles. The van der Waals surface area contributed by atoms with Crippen LogP contribution >= 0.6 is 11.6 Å². The van der Waals surface area contributed by atoms with Crippen molar-refractivity contribution in [1.82, 2.24) is 10.6 Å². The highest BCUT2D eigenvalue weighted by atomic mass is 35.5. The van der Waals surface area contributed by atoms with E-state index in [4.69, 9.17) is 11.6 Å². The van der Waals surface area contributed by atoms with Crippen molar-refractivity contribution in [2.45, 2.75) is 60.3 Å². The van der Waals surface area contributed by atoms with Crippen molar-refractivity contribution in [3.05, 3.63) is 28.8 Å². The molecule has 5 nitrogen and oxygen atoms in total. The minimum atomic E-state index is -4.66. The summed E-state index contributed by atoms with van der Waals surface area (Å²) in [6, 6.07) is 1.77. The molecule has 0 radical (unpaired) electrons. The Kier molecular flexibility index (Phi) is 5.07. The fourth-order valence-electron chi connectivity index (χ4n) is 3.08. The van der Waals surface area contributed by atoms with E-state index in [0.717, 1.165) is 25.0 Å². The molecule has 146 valence electrons. The number of aliphatic hydroxyl groups excluding tert-OH is 1. The predicted molar refractivity (Wildman–Crippen MR) is 90.6 cm³/mol. The van der Waals surface area contributed by atoms with Crippen molar-refractivity contribution < 1.29 is 26.7 Å². The monoisotopic (exact) mass is 412 g/mol. The van der Waals surface area contributed by atoms with Crippen LogP contribution in [0.1, 0.15) is 31.7 Å². The van der Waals surface area contributed by atoms with Gasteiger partial charge in [0, 0.05) is 18.1 Å². The van der Waals surface area contributed by atoms with E-state index in [2.05, 4.69) is 10.6 Å². The fraction of sp³-hybridized carbons (Fsp3) is 0.625. The van der Waals surface area contributed by atoms with E-state index < -0.39 is 44.0 Å². The number of hydrogen-bond acceptors (Lipinski definition) is 5. The number of aliphatic hydroxyl groups is 1. The maximum absolute atomic E-state index is 12.9. The van der Waals surface area contributed by atoms with Gasteiger partial charge >= 0.3 is 6.18 Å². The van der Waals surface area contributed by atoms with Gasteiger partial charge in [-0.25, -0.2) is 8.42 Å². The van der Waals surface area contributed by atoms with Crippen molar-refractivity contribution >= 4 is 21.4 Å². The Morgan fingerprint density at radius 1 is 1.38 bits per heavy atom. The van der Waals surface area contributed by atoms with Crippen LogP contribution in [0.5, 0.6) is 0 Å². The average molecular weight is 413 g/mol. The van der Waals surface area contributed by atoms with Crippen molar-refractivity contribution in [1.29, 1.82) is 0 Å². The van der Waals surface area contributed by atoms with Crippen molar-refractivity contribution in [3.8, 4) is 0 Å². The smallest absolute Gasteiger partial charge is 0.377 e. The van der Waals surface area contributed by atoms with Gasteiger partial charge in [-0.1, -0.05) is 11.6 Å². The first-order chi connectivity index (χ1) is 11.9. The summed E-state index contributed by atoms with van der Waals surface area (Å²) in [7, 11) is -4.08. The Labute approximate surface area is 154 Å². The van der Waals surface area contributed by atoms with Crippen LogP contribution < -0.4 is 10.6 Å². The third kappa shape index (κ3) is 4.01. The van der Waals surface area contributed by atoms with E-state index in [1.807, 2.05) is 6.92 Å². The normalized spacial score (nSPS) is 26.7. The van der Waals surface area contributed by atoms with Crippen LogP contribution in [0, 0.1) is 0 Å². The van der Waals surface area contributed by atoms with Crippen LogP contribution in [0.3, 0.4) is 0 Å². The first kappa shape index (κ1) is 19.9. The van der Waals surface area contributed by atoms with Gasteiger partial charge in [-0.05, 0) is 44.4 Å². The number of nitrogens with one attached hydrogen (secondary N) is 2. The number of benzene rings is 1. The molecule has 1 aliphatic heterocycles. The lowest BCUT2D eigenvalue weighted by atomic mass is 10.2. The molecule has 26 heavy (non-hydrogen) atoms. The quantitative estimate of drug-likeness (QED) is 0.647. The minimum absolute atomic E-state index is 0.0367. The topological polar surface area (TPSA) is 78.4 Å². The molecule has 1 saturated carbocycles. The summed E-state index contributed by atoms with van der Waals surface area (Å²) in [5, 5.41) is 15.0. The largest absolute Gasteiger partial charge is 0.416 e. The number of hydrogen-bond donors (Lipinski definition) is 3. The van der Waals surface area contributed by atoms with E-state index in [1.165, 1.54) is 0 Å². The Hall–Kier alpha value is -0.870. The van der Waals surface area contributed by atoms with Gasteiger partial charge in [-0.2, -0.15) is 13.2 Å². The zero-order valence-corrected chi connectivity index (χ0v) is 15.5. The Balaban J connectivity index is 1.79. The zero-order valence-electron chi connectivity index (χ0n) is 14.0. The first-order valence-corrected chi connectivity index (χ1v) is 10.1. The summed E-state index contributed by atoms with van der Waals surface area (Å²) in [4.78, 5) is -0.530. The highest BCUT2D eigenvalue weighted by molar-refractivity contribution is 7.92. The van der Waals surface area contributed by atoms with Gasteiger partial charge in [-0.3, -0.25) is 5.32 Å². The molecule has 0 aromatic heterocycles. The van der Waals surface area contributed by atoms with E-state index in [-0.39, 0.29) is 23.5 Å². The molecule has 0 spiro atoms. The first-order valence-electron chi connectivity index (χ1n) is 8.22. The molecule has 3 unspecified atom stereocenters. The van der Waals surface area contributed by atoms with Gasteiger partial charge in [-0.15, -0.1) is 0 Å². The lowest BCUT2D eigenvalue weighted by Crippen LogP contribution is -2.49. The van der Waals surface area contributed by atoms with Gasteiger partial charge in [0.05, 0.1) is 20.7 Å². The highest BCUT2D eigenvalue weighted by Crippen LogP contribution is 2.37. The molecule has 0 bridgehead atoms. The third-order valence-corrected chi connectivity index (χ3v) is 7.64. The van der Waals surface area contributed by atoms with Gasteiger partial charge in [0.15, 0.2) is 9.84 Å². The molecule has 1 saturated heterocycles. The minimum Gasteiger partial charge on any atom is -0.377 e. The lowest BCUT2D eigenvalue weighted by Gasteiger charge is -2.23. The summed E-state index contributed by atoms with van der Waals surface area (Å²) in [6.45, 7) is 2.00. The predicted octanol–water partition coefficient (Wildman–Crippen LogP) is 2.32. The number of rotatable bonds is 5. The van der Waals surface area contributed by atoms with E-state index in [9.17, 15) is 26.7 Å². The van der Waals surface area contributed by atoms with Crippen LogP contribution in [0.15, 0.2) is 23.1 Å². The van der Waals surface area contributed by atoms with Crippen molar-refractivity contribution in [3.63, 3.8) is 0 Å². The summed E-state index contributed by atoms with van der Waals surface area (Å²) >= 11 is 5.87. The molecule has 10 heteroatoms. The van der Waals surface area contributed by atoms with E-state index >= 15 is 0 Å². The number of halogens is 4. The molecular weight excluding hydrogens is 393 g/mol. The summed E-state index contributed by atoms with van der Waals surface area (Å²) in [5.41, 5.74) is -1.20. The second kappa shape index (κ2) is 6.63. The van der Waals surface area contributed by atoms with Crippen LogP contribution in [-0.4, -0.2) is 43.1 Å². The molecule has 1 aromatic carbocycles. The van der Waals surface area contributed by atoms with Crippen molar-refractivity contribution in [2.75, 3.05) is 6.54 Å². The Morgan fingerprint density at radius 2 is 2.04 bits per heavy atom. The standard InChI is InChI=1S/C16H20ClF3N2O3S/c1-15(4-5-15)22-14(23)12-7-10(8-21-12)26(24,25)13-6-9(16(18,19)20)2-3-11(13)17/h2-3,6,10,12,14,21-23H,4-5,7-8H2,1H3. The maximum Gasteiger partial charge on any atom is 0.416 e. The zero-order chi connectivity index (χ0) is 19.3. The Bertz CT molecular complexity index is 796.